The van der Waals surface area contributed by atoms with Crippen LogP contribution in [0.5, 0.6) is 0 Å². The molecule has 84 valence electrons. The predicted molar refractivity (Wildman–Crippen MR) is 62.3 cm³/mol. The van der Waals surface area contributed by atoms with Crippen LogP contribution in [0.1, 0.15) is 24.7 Å². The van der Waals surface area contributed by atoms with Gasteiger partial charge in [0.05, 0.1) is 11.0 Å². The van der Waals surface area contributed by atoms with E-state index in [1.54, 1.807) is 13.8 Å². The molecule has 0 aromatic heterocycles. The molecule has 1 aromatic carbocycles. The molecule has 4 heteroatoms. The zero-order chi connectivity index (χ0) is 11.5. The van der Waals surface area contributed by atoms with E-state index in [-0.39, 0.29) is 11.8 Å². The zero-order valence-electron chi connectivity index (χ0n) is 9.05. The van der Waals surface area contributed by atoms with Gasteiger partial charge < -0.3 is 5.73 Å². The Hall–Kier alpha value is -0.870. The van der Waals surface area contributed by atoms with E-state index in [1.165, 1.54) is 0 Å². The van der Waals surface area contributed by atoms with Crippen molar-refractivity contribution in [2.45, 2.75) is 25.1 Å². The molecule has 0 aliphatic heterocycles. The fourth-order valence-corrected chi connectivity index (χ4v) is 3.04. The molecular weight excluding hydrogens is 210 g/mol. The third kappa shape index (κ3) is 3.32. The third-order valence-electron chi connectivity index (χ3n) is 2.30. The van der Waals surface area contributed by atoms with E-state index in [9.17, 15) is 8.42 Å². The van der Waals surface area contributed by atoms with Crippen molar-refractivity contribution in [2.75, 3.05) is 5.75 Å². The fourth-order valence-electron chi connectivity index (χ4n) is 1.44. The number of hydrogen-bond donors (Lipinski definition) is 1. The Morgan fingerprint density at radius 2 is 1.73 bits per heavy atom. The van der Waals surface area contributed by atoms with E-state index in [0.717, 1.165) is 5.56 Å². The molecule has 0 heterocycles. The second kappa shape index (κ2) is 4.77. The molecular formula is C11H17NO2S. The van der Waals surface area contributed by atoms with Crippen LogP contribution in [0.15, 0.2) is 30.3 Å². The van der Waals surface area contributed by atoms with Gasteiger partial charge >= 0.3 is 0 Å². The van der Waals surface area contributed by atoms with Crippen LogP contribution in [0, 0.1) is 0 Å². The molecule has 0 aliphatic rings. The van der Waals surface area contributed by atoms with Crippen molar-refractivity contribution in [1.29, 1.82) is 0 Å². The van der Waals surface area contributed by atoms with E-state index < -0.39 is 15.1 Å². The number of rotatable bonds is 4. The van der Waals surface area contributed by atoms with Gasteiger partial charge in [0, 0.05) is 6.04 Å². The summed E-state index contributed by atoms with van der Waals surface area (Å²) >= 11 is 0. The van der Waals surface area contributed by atoms with Crippen LogP contribution in [-0.4, -0.2) is 20.2 Å². The largest absolute Gasteiger partial charge is 0.327 e. The maximum absolute atomic E-state index is 11.9. The quantitative estimate of drug-likeness (QED) is 0.848. The summed E-state index contributed by atoms with van der Waals surface area (Å²) in [5, 5.41) is -0.482. The van der Waals surface area contributed by atoms with Gasteiger partial charge in [0.2, 0.25) is 0 Å². The molecule has 0 fully saturated rings. The van der Waals surface area contributed by atoms with Gasteiger partial charge in [-0.05, 0) is 19.4 Å². The molecule has 0 aliphatic carbocycles. The monoisotopic (exact) mass is 227 g/mol. The molecule has 0 amide bonds. The first-order chi connectivity index (χ1) is 6.93. The molecule has 0 radical (unpaired) electrons. The Balaban J connectivity index is 2.90. The lowest BCUT2D eigenvalue weighted by Crippen LogP contribution is -2.28. The predicted octanol–water partition coefficient (Wildman–Crippen LogP) is 1.51. The molecule has 0 saturated carbocycles. The van der Waals surface area contributed by atoms with Gasteiger partial charge in [-0.25, -0.2) is 8.42 Å². The number of benzene rings is 1. The van der Waals surface area contributed by atoms with Gasteiger partial charge in [0.1, 0.15) is 0 Å². The molecule has 1 rings (SSSR count). The summed E-state index contributed by atoms with van der Waals surface area (Å²) in [5.74, 6) is 0.0308. The summed E-state index contributed by atoms with van der Waals surface area (Å²) < 4.78 is 23.7. The van der Waals surface area contributed by atoms with E-state index in [4.69, 9.17) is 5.73 Å². The molecule has 2 N–H and O–H groups in total. The first kappa shape index (κ1) is 12.2. The first-order valence-corrected chi connectivity index (χ1v) is 6.67. The number of hydrogen-bond acceptors (Lipinski definition) is 3. The van der Waals surface area contributed by atoms with Crippen LogP contribution in [0.2, 0.25) is 0 Å². The summed E-state index contributed by atoms with van der Waals surface area (Å²) in [4.78, 5) is 0. The van der Waals surface area contributed by atoms with Crippen LogP contribution >= 0.6 is 0 Å². The van der Waals surface area contributed by atoms with Gasteiger partial charge in [-0.1, -0.05) is 30.3 Å². The highest BCUT2D eigenvalue weighted by Gasteiger charge is 2.23. The molecule has 2 unspecified atom stereocenters. The van der Waals surface area contributed by atoms with E-state index in [1.807, 2.05) is 30.3 Å². The molecule has 1 aromatic rings. The minimum absolute atomic E-state index is 0.0308. The molecule has 2 atom stereocenters. The summed E-state index contributed by atoms with van der Waals surface area (Å²) in [6.45, 7) is 3.41. The average molecular weight is 227 g/mol. The standard InChI is InChI=1S/C11H17NO2S/c1-9(12)8-15(13,14)10(2)11-6-4-3-5-7-11/h3-7,9-10H,8,12H2,1-2H3. The van der Waals surface area contributed by atoms with E-state index in [2.05, 4.69) is 0 Å². The van der Waals surface area contributed by atoms with Crippen molar-refractivity contribution in [3.8, 4) is 0 Å². The van der Waals surface area contributed by atoms with Gasteiger partial charge in [-0.3, -0.25) is 0 Å². The highest BCUT2D eigenvalue weighted by Crippen LogP contribution is 2.22. The SMILES string of the molecule is CC(N)CS(=O)(=O)C(C)c1ccccc1. The molecule has 15 heavy (non-hydrogen) atoms. The lowest BCUT2D eigenvalue weighted by molar-refractivity contribution is 0.580. The minimum atomic E-state index is -3.14. The van der Waals surface area contributed by atoms with Gasteiger partial charge in [-0.2, -0.15) is 0 Å². The molecule has 0 spiro atoms. The molecule has 0 bridgehead atoms. The van der Waals surface area contributed by atoms with Crippen LogP contribution in [-0.2, 0) is 9.84 Å². The topological polar surface area (TPSA) is 60.2 Å². The average Bonchev–Trinajstić information content (AvgIpc) is 2.16. The maximum atomic E-state index is 11.9. The lowest BCUT2D eigenvalue weighted by atomic mass is 10.2. The van der Waals surface area contributed by atoms with Crippen LogP contribution < -0.4 is 5.73 Å². The molecule has 3 nitrogen and oxygen atoms in total. The lowest BCUT2D eigenvalue weighted by Gasteiger charge is -2.14. The molecule has 0 saturated heterocycles. The van der Waals surface area contributed by atoms with E-state index >= 15 is 0 Å². The van der Waals surface area contributed by atoms with E-state index in [0.29, 0.717) is 0 Å². The summed E-state index contributed by atoms with van der Waals surface area (Å²) in [5.41, 5.74) is 6.33. The van der Waals surface area contributed by atoms with Crippen molar-refractivity contribution >= 4 is 9.84 Å². The van der Waals surface area contributed by atoms with Gasteiger partial charge in [-0.15, -0.1) is 0 Å². The first-order valence-electron chi connectivity index (χ1n) is 4.95. The summed E-state index contributed by atoms with van der Waals surface area (Å²) in [7, 11) is -3.14. The third-order valence-corrected chi connectivity index (χ3v) is 4.64. The van der Waals surface area contributed by atoms with Crippen molar-refractivity contribution in [2.24, 2.45) is 5.73 Å². The number of nitrogens with two attached hydrogens (primary N) is 1. The highest BCUT2D eigenvalue weighted by molar-refractivity contribution is 7.91. The minimum Gasteiger partial charge on any atom is -0.327 e. The van der Waals surface area contributed by atoms with Crippen LogP contribution in [0.4, 0.5) is 0 Å². The van der Waals surface area contributed by atoms with Crippen molar-refractivity contribution in [1.82, 2.24) is 0 Å². The summed E-state index contributed by atoms with van der Waals surface area (Å²) in [6, 6.07) is 8.88. The Morgan fingerprint density at radius 3 is 2.20 bits per heavy atom. The van der Waals surface area contributed by atoms with Crippen LogP contribution in [0.3, 0.4) is 0 Å². The Bertz CT molecular complexity index is 398. The Morgan fingerprint density at radius 1 is 1.20 bits per heavy atom. The van der Waals surface area contributed by atoms with Gasteiger partial charge in [0.15, 0.2) is 9.84 Å². The fraction of sp³-hybridized carbons (Fsp3) is 0.455. The van der Waals surface area contributed by atoms with Gasteiger partial charge in [0.25, 0.3) is 0 Å². The zero-order valence-corrected chi connectivity index (χ0v) is 9.87. The van der Waals surface area contributed by atoms with Crippen molar-refractivity contribution in [3.63, 3.8) is 0 Å². The summed E-state index contributed by atoms with van der Waals surface area (Å²) in [6.07, 6.45) is 0. The second-order valence-electron chi connectivity index (χ2n) is 3.86. The Labute approximate surface area is 91.2 Å². The van der Waals surface area contributed by atoms with Crippen molar-refractivity contribution in [3.05, 3.63) is 35.9 Å². The second-order valence-corrected chi connectivity index (χ2v) is 6.23. The smallest absolute Gasteiger partial charge is 0.158 e. The van der Waals surface area contributed by atoms with Crippen LogP contribution in [0.25, 0.3) is 0 Å². The highest BCUT2D eigenvalue weighted by atomic mass is 32.2. The maximum Gasteiger partial charge on any atom is 0.158 e. The van der Waals surface area contributed by atoms with Crippen molar-refractivity contribution < 1.29 is 8.42 Å². The Kier molecular flexibility index (Phi) is 3.88. The number of sulfone groups is 1. The normalized spacial score (nSPS) is 15.9.